The standard InChI is InChI=1S/C15H18N4O2/c1-10-3-5-12(17-7-10)9-19(15(20)21)14(16)13-6-4-11(2)8-18-13/h3-8,14H,9,16H2,1-2H3,(H,20,21). The van der Waals surface area contributed by atoms with E-state index in [9.17, 15) is 9.90 Å². The SMILES string of the molecule is Cc1ccc(CN(C(=O)O)C(N)c2ccc(C)cn2)nc1. The van der Waals surface area contributed by atoms with Gasteiger partial charge in [0.15, 0.2) is 0 Å². The molecular weight excluding hydrogens is 268 g/mol. The molecule has 0 aliphatic carbocycles. The zero-order chi connectivity index (χ0) is 15.4. The molecule has 0 spiro atoms. The number of amides is 1. The van der Waals surface area contributed by atoms with Crippen LogP contribution in [0.4, 0.5) is 4.79 Å². The second-order valence-electron chi connectivity index (χ2n) is 4.94. The maximum absolute atomic E-state index is 11.4. The van der Waals surface area contributed by atoms with Crippen molar-refractivity contribution in [2.45, 2.75) is 26.6 Å². The fourth-order valence-corrected chi connectivity index (χ4v) is 1.87. The first kappa shape index (κ1) is 14.9. The Hall–Kier alpha value is -2.47. The van der Waals surface area contributed by atoms with Gasteiger partial charge in [-0.3, -0.25) is 14.9 Å². The minimum atomic E-state index is -1.10. The van der Waals surface area contributed by atoms with Crippen molar-refractivity contribution < 1.29 is 9.90 Å². The highest BCUT2D eigenvalue weighted by molar-refractivity contribution is 5.65. The summed E-state index contributed by atoms with van der Waals surface area (Å²) in [4.78, 5) is 21.0. The monoisotopic (exact) mass is 286 g/mol. The Morgan fingerprint density at radius 2 is 1.81 bits per heavy atom. The summed E-state index contributed by atoms with van der Waals surface area (Å²) in [5.74, 6) is 0. The van der Waals surface area contributed by atoms with Crippen molar-refractivity contribution in [3.63, 3.8) is 0 Å². The van der Waals surface area contributed by atoms with Crippen LogP contribution >= 0.6 is 0 Å². The van der Waals surface area contributed by atoms with Crippen LogP contribution in [0.2, 0.25) is 0 Å². The molecular formula is C15H18N4O2. The molecule has 0 aliphatic heterocycles. The zero-order valence-corrected chi connectivity index (χ0v) is 12.0. The number of hydrogen-bond donors (Lipinski definition) is 2. The summed E-state index contributed by atoms with van der Waals surface area (Å²) in [7, 11) is 0. The molecule has 0 aliphatic rings. The fourth-order valence-electron chi connectivity index (χ4n) is 1.87. The third-order valence-electron chi connectivity index (χ3n) is 3.12. The molecule has 0 saturated carbocycles. The van der Waals surface area contributed by atoms with E-state index in [0.717, 1.165) is 16.0 Å². The average molecular weight is 286 g/mol. The van der Waals surface area contributed by atoms with Gasteiger partial charge < -0.3 is 10.8 Å². The van der Waals surface area contributed by atoms with Crippen molar-refractivity contribution in [1.82, 2.24) is 14.9 Å². The van der Waals surface area contributed by atoms with Crippen LogP contribution in [-0.4, -0.2) is 26.1 Å². The summed E-state index contributed by atoms with van der Waals surface area (Å²) in [6, 6.07) is 7.27. The molecule has 1 atom stereocenters. The highest BCUT2D eigenvalue weighted by Gasteiger charge is 2.23. The molecule has 6 heteroatoms. The molecule has 1 unspecified atom stereocenters. The Balaban J connectivity index is 2.20. The van der Waals surface area contributed by atoms with E-state index in [-0.39, 0.29) is 6.54 Å². The van der Waals surface area contributed by atoms with Crippen molar-refractivity contribution in [3.8, 4) is 0 Å². The summed E-state index contributed by atoms with van der Waals surface area (Å²) in [6.07, 6.45) is 1.43. The van der Waals surface area contributed by atoms with Crippen molar-refractivity contribution >= 4 is 6.09 Å². The van der Waals surface area contributed by atoms with E-state index < -0.39 is 12.3 Å². The lowest BCUT2D eigenvalue weighted by Gasteiger charge is -2.25. The van der Waals surface area contributed by atoms with Crippen LogP contribution in [0, 0.1) is 13.8 Å². The Morgan fingerprint density at radius 1 is 1.19 bits per heavy atom. The van der Waals surface area contributed by atoms with E-state index >= 15 is 0 Å². The fraction of sp³-hybridized carbons (Fsp3) is 0.267. The second kappa shape index (κ2) is 6.32. The molecule has 2 heterocycles. The van der Waals surface area contributed by atoms with E-state index in [1.165, 1.54) is 0 Å². The Bertz CT molecular complexity index is 611. The minimum absolute atomic E-state index is 0.117. The van der Waals surface area contributed by atoms with Crippen LogP contribution < -0.4 is 5.73 Å². The summed E-state index contributed by atoms with van der Waals surface area (Å²) in [5, 5.41) is 9.37. The van der Waals surface area contributed by atoms with E-state index in [4.69, 9.17) is 5.73 Å². The quantitative estimate of drug-likeness (QED) is 0.841. The Labute approximate surface area is 123 Å². The van der Waals surface area contributed by atoms with Gasteiger partial charge in [0.2, 0.25) is 0 Å². The van der Waals surface area contributed by atoms with Crippen molar-refractivity contribution in [3.05, 3.63) is 59.2 Å². The van der Waals surface area contributed by atoms with E-state index in [1.54, 1.807) is 24.5 Å². The molecule has 0 radical (unpaired) electrons. The van der Waals surface area contributed by atoms with Gasteiger partial charge >= 0.3 is 6.09 Å². The van der Waals surface area contributed by atoms with Gasteiger partial charge in [-0.1, -0.05) is 12.1 Å². The van der Waals surface area contributed by atoms with Gasteiger partial charge in [-0.15, -0.1) is 0 Å². The topological polar surface area (TPSA) is 92.3 Å². The molecule has 0 saturated heterocycles. The first-order valence-corrected chi connectivity index (χ1v) is 6.56. The van der Waals surface area contributed by atoms with Gasteiger partial charge in [0, 0.05) is 12.4 Å². The lowest BCUT2D eigenvalue weighted by molar-refractivity contribution is 0.119. The van der Waals surface area contributed by atoms with Gasteiger partial charge in [-0.25, -0.2) is 4.79 Å². The molecule has 2 aromatic heterocycles. The number of nitrogens with two attached hydrogens (primary N) is 1. The number of aryl methyl sites for hydroxylation is 2. The summed E-state index contributed by atoms with van der Waals surface area (Å²) < 4.78 is 0. The molecule has 0 bridgehead atoms. The third kappa shape index (κ3) is 3.76. The molecule has 2 aromatic rings. The minimum Gasteiger partial charge on any atom is -0.465 e. The number of carbonyl (C=O) groups is 1. The lowest BCUT2D eigenvalue weighted by atomic mass is 10.2. The summed E-state index contributed by atoms with van der Waals surface area (Å²) in [5.41, 5.74) is 9.19. The second-order valence-corrected chi connectivity index (χ2v) is 4.94. The number of nitrogens with zero attached hydrogens (tertiary/aromatic N) is 3. The normalized spacial score (nSPS) is 12.0. The van der Waals surface area contributed by atoms with Crippen LogP contribution in [0.15, 0.2) is 36.7 Å². The largest absolute Gasteiger partial charge is 0.465 e. The maximum Gasteiger partial charge on any atom is 0.409 e. The predicted octanol–water partition coefficient (Wildman–Crippen LogP) is 2.23. The predicted molar refractivity (Wildman–Crippen MR) is 78.4 cm³/mol. The summed E-state index contributed by atoms with van der Waals surface area (Å²) in [6.45, 7) is 3.95. The number of pyridine rings is 2. The molecule has 1 amide bonds. The number of aromatic nitrogens is 2. The van der Waals surface area contributed by atoms with Crippen LogP contribution in [0.5, 0.6) is 0 Å². The zero-order valence-electron chi connectivity index (χ0n) is 12.0. The number of carboxylic acid groups (broad SMARTS) is 1. The van der Waals surface area contributed by atoms with E-state index in [1.807, 2.05) is 26.0 Å². The molecule has 110 valence electrons. The highest BCUT2D eigenvalue weighted by Crippen LogP contribution is 2.16. The molecule has 3 N–H and O–H groups in total. The Kier molecular flexibility index (Phi) is 4.49. The van der Waals surface area contributed by atoms with E-state index in [2.05, 4.69) is 9.97 Å². The van der Waals surface area contributed by atoms with Crippen molar-refractivity contribution in [2.24, 2.45) is 5.73 Å². The van der Waals surface area contributed by atoms with E-state index in [0.29, 0.717) is 11.4 Å². The lowest BCUT2D eigenvalue weighted by Crippen LogP contribution is -2.38. The molecule has 0 fully saturated rings. The smallest absolute Gasteiger partial charge is 0.409 e. The van der Waals surface area contributed by atoms with Crippen LogP contribution in [0.1, 0.15) is 28.7 Å². The van der Waals surface area contributed by atoms with Crippen molar-refractivity contribution in [2.75, 3.05) is 0 Å². The maximum atomic E-state index is 11.4. The van der Waals surface area contributed by atoms with Crippen LogP contribution in [-0.2, 0) is 6.54 Å². The first-order valence-electron chi connectivity index (χ1n) is 6.56. The highest BCUT2D eigenvalue weighted by atomic mass is 16.4. The average Bonchev–Trinajstić information content (AvgIpc) is 2.46. The first-order chi connectivity index (χ1) is 9.97. The van der Waals surface area contributed by atoms with Crippen LogP contribution in [0.25, 0.3) is 0 Å². The van der Waals surface area contributed by atoms with Crippen LogP contribution in [0.3, 0.4) is 0 Å². The van der Waals surface area contributed by atoms with Gasteiger partial charge in [0.05, 0.1) is 17.9 Å². The Morgan fingerprint density at radius 3 is 2.29 bits per heavy atom. The van der Waals surface area contributed by atoms with Gasteiger partial charge in [-0.05, 0) is 37.1 Å². The molecule has 6 nitrogen and oxygen atoms in total. The van der Waals surface area contributed by atoms with Crippen molar-refractivity contribution in [1.29, 1.82) is 0 Å². The number of hydrogen-bond acceptors (Lipinski definition) is 4. The number of rotatable bonds is 4. The summed E-state index contributed by atoms with van der Waals surface area (Å²) >= 11 is 0. The third-order valence-corrected chi connectivity index (χ3v) is 3.12. The van der Waals surface area contributed by atoms with Gasteiger partial charge in [0.25, 0.3) is 0 Å². The van der Waals surface area contributed by atoms with Gasteiger partial charge in [-0.2, -0.15) is 0 Å². The molecule has 0 aromatic carbocycles. The molecule has 2 rings (SSSR count). The molecule has 21 heavy (non-hydrogen) atoms. The van der Waals surface area contributed by atoms with Gasteiger partial charge in [0.1, 0.15) is 6.17 Å².